The summed E-state index contributed by atoms with van der Waals surface area (Å²) in [5, 5.41) is 14.4. The van der Waals surface area contributed by atoms with Crippen molar-refractivity contribution in [2.45, 2.75) is 79.1 Å². The number of benzene rings is 1. The predicted molar refractivity (Wildman–Crippen MR) is 136 cm³/mol. The molecule has 1 unspecified atom stereocenters. The molecule has 0 bridgehead atoms. The number of nitrogens with one attached hydrogen (secondary N) is 1. The fourth-order valence-electron chi connectivity index (χ4n) is 4.34. The van der Waals surface area contributed by atoms with Crippen molar-refractivity contribution in [2.24, 2.45) is 0 Å². The molecule has 1 aromatic rings. The van der Waals surface area contributed by atoms with E-state index in [0.29, 0.717) is 22.5 Å². The third kappa shape index (κ3) is 6.26. The van der Waals surface area contributed by atoms with Gasteiger partial charge in [0.2, 0.25) is 0 Å². The number of rotatable bonds is 7. The maximum Gasteiger partial charge on any atom is 0.336 e. The number of ether oxygens (including phenoxy) is 3. The van der Waals surface area contributed by atoms with E-state index in [4.69, 9.17) is 14.2 Å². The molecule has 2 rings (SSSR count). The predicted octanol–water partition coefficient (Wildman–Crippen LogP) is 4.97. The third-order valence-electron chi connectivity index (χ3n) is 6.08. The van der Waals surface area contributed by atoms with Gasteiger partial charge in [-0.3, -0.25) is 0 Å². The normalized spacial score (nSPS) is 16.8. The summed E-state index contributed by atoms with van der Waals surface area (Å²) in [6.45, 7) is 18.0. The van der Waals surface area contributed by atoms with Gasteiger partial charge in [0, 0.05) is 18.5 Å². The lowest BCUT2D eigenvalue weighted by Crippen LogP contribution is -2.33. The van der Waals surface area contributed by atoms with Crippen LogP contribution in [0, 0.1) is 0 Å². The maximum atomic E-state index is 13.3. The van der Waals surface area contributed by atoms with Gasteiger partial charge in [0.05, 0.1) is 30.3 Å². The molecule has 0 aliphatic carbocycles. The van der Waals surface area contributed by atoms with E-state index in [0.717, 1.165) is 16.7 Å². The number of phenols is 1. The summed E-state index contributed by atoms with van der Waals surface area (Å²) in [5.41, 5.74) is 3.34. The van der Waals surface area contributed by atoms with Crippen LogP contribution in [-0.2, 0) is 34.6 Å². The maximum absolute atomic E-state index is 13.3. The highest BCUT2D eigenvalue weighted by molar-refractivity contribution is 6.00. The summed E-state index contributed by atoms with van der Waals surface area (Å²) < 4.78 is 15.9. The molecule has 1 aromatic carbocycles. The van der Waals surface area contributed by atoms with Crippen LogP contribution in [0.2, 0.25) is 0 Å². The highest BCUT2D eigenvalue weighted by atomic mass is 16.6. The van der Waals surface area contributed by atoms with E-state index < -0.39 is 17.9 Å². The van der Waals surface area contributed by atoms with Gasteiger partial charge in [-0.05, 0) is 48.3 Å². The second kappa shape index (κ2) is 10.9. The van der Waals surface area contributed by atoms with Crippen molar-refractivity contribution in [3.63, 3.8) is 0 Å². The van der Waals surface area contributed by atoms with Crippen molar-refractivity contribution in [3.8, 4) is 5.75 Å². The summed E-state index contributed by atoms with van der Waals surface area (Å²) in [6, 6.07) is 3.78. The fourth-order valence-corrected chi connectivity index (χ4v) is 4.34. The van der Waals surface area contributed by atoms with Crippen molar-refractivity contribution < 1.29 is 28.9 Å². The van der Waals surface area contributed by atoms with Crippen molar-refractivity contribution >= 4 is 11.9 Å². The molecule has 1 atom stereocenters. The number of phenolic OH excluding ortho intramolecular Hbond substituents is 1. The van der Waals surface area contributed by atoms with Gasteiger partial charge >= 0.3 is 11.9 Å². The molecule has 7 nitrogen and oxygen atoms in total. The zero-order valence-electron chi connectivity index (χ0n) is 22.8. The molecular weight excluding hydrogens is 446 g/mol. The molecule has 1 aliphatic heterocycles. The Balaban J connectivity index is 2.87. The Bertz CT molecular complexity index is 1000. The Morgan fingerprint density at radius 3 is 1.74 bits per heavy atom. The van der Waals surface area contributed by atoms with Crippen LogP contribution in [0.3, 0.4) is 0 Å². The van der Waals surface area contributed by atoms with E-state index in [1.54, 1.807) is 20.8 Å². The van der Waals surface area contributed by atoms with Crippen LogP contribution >= 0.6 is 0 Å². The molecule has 194 valence electrons. The lowest BCUT2D eigenvalue weighted by Gasteiger charge is -2.33. The van der Waals surface area contributed by atoms with Crippen molar-refractivity contribution in [1.82, 2.24) is 5.32 Å². The van der Waals surface area contributed by atoms with E-state index in [2.05, 4.69) is 5.32 Å². The summed E-state index contributed by atoms with van der Waals surface area (Å²) in [6.07, 6.45) is 0. The van der Waals surface area contributed by atoms with Gasteiger partial charge < -0.3 is 24.6 Å². The lowest BCUT2D eigenvalue weighted by molar-refractivity contribution is -0.140. The van der Waals surface area contributed by atoms with Crippen LogP contribution < -0.4 is 5.32 Å². The topological polar surface area (TPSA) is 94.1 Å². The number of methoxy groups -OCH3 is 1. The number of hydrogen-bond acceptors (Lipinski definition) is 7. The molecule has 35 heavy (non-hydrogen) atoms. The largest absolute Gasteiger partial charge is 0.507 e. The van der Waals surface area contributed by atoms with Gasteiger partial charge in [-0.1, -0.05) is 53.7 Å². The lowest BCUT2D eigenvalue weighted by atomic mass is 9.73. The number of dihydropyridines is 1. The Labute approximate surface area is 209 Å². The number of carbonyl (C=O) groups is 2. The van der Waals surface area contributed by atoms with Crippen molar-refractivity contribution in [3.05, 3.63) is 51.4 Å². The SMILES string of the molecule is CCOC(=O)C1=C(C)NC(C)=C(C(=O)OCCOC)C1c1cc(C(C)(C)C)c(O)c(C(C)(C)C)c1. The molecule has 0 radical (unpaired) electrons. The molecular formula is C28H41NO6. The van der Waals surface area contributed by atoms with Crippen LogP contribution in [0.1, 0.15) is 84.9 Å². The molecule has 0 saturated heterocycles. The Kier molecular flexibility index (Phi) is 8.82. The van der Waals surface area contributed by atoms with Gasteiger partial charge in [0.25, 0.3) is 0 Å². The average Bonchev–Trinajstić information content (AvgIpc) is 2.71. The van der Waals surface area contributed by atoms with Crippen LogP contribution in [0.5, 0.6) is 5.75 Å². The first-order chi connectivity index (χ1) is 16.1. The van der Waals surface area contributed by atoms with Gasteiger partial charge in [-0.15, -0.1) is 0 Å². The molecule has 0 saturated carbocycles. The molecule has 0 spiro atoms. The minimum atomic E-state index is -0.729. The Hall–Kier alpha value is -2.80. The van der Waals surface area contributed by atoms with Gasteiger partial charge in [-0.25, -0.2) is 9.59 Å². The number of hydrogen-bond donors (Lipinski definition) is 2. The molecule has 1 heterocycles. The number of allylic oxidation sites excluding steroid dienone is 2. The molecule has 0 aromatic heterocycles. The van der Waals surface area contributed by atoms with Crippen molar-refractivity contribution in [2.75, 3.05) is 26.9 Å². The summed E-state index contributed by atoms with van der Waals surface area (Å²) in [5.74, 6) is -1.53. The van der Waals surface area contributed by atoms with Crippen molar-refractivity contribution in [1.29, 1.82) is 0 Å². The molecule has 0 fully saturated rings. The Morgan fingerprint density at radius 2 is 1.34 bits per heavy atom. The zero-order chi connectivity index (χ0) is 26.7. The van der Waals surface area contributed by atoms with Gasteiger partial charge in [0.1, 0.15) is 12.4 Å². The van der Waals surface area contributed by atoms with E-state index in [9.17, 15) is 14.7 Å². The summed E-state index contributed by atoms with van der Waals surface area (Å²) >= 11 is 0. The molecule has 7 heteroatoms. The number of aromatic hydroxyl groups is 1. The minimum absolute atomic E-state index is 0.0896. The molecule has 1 aliphatic rings. The average molecular weight is 488 g/mol. The standard InChI is InChI=1S/C28H41NO6/c1-11-34-25(31)21-16(2)29-17(3)22(26(32)35-13-12-33-10)23(21)18-14-19(27(4,5)6)24(30)20(15-18)28(7,8)9/h14-15,23,29-30H,11-13H2,1-10H3. The first kappa shape index (κ1) is 28.4. The third-order valence-corrected chi connectivity index (χ3v) is 6.08. The number of carbonyl (C=O) groups excluding carboxylic acids is 2. The summed E-state index contributed by atoms with van der Waals surface area (Å²) in [7, 11) is 1.53. The highest BCUT2D eigenvalue weighted by Gasteiger charge is 2.39. The zero-order valence-corrected chi connectivity index (χ0v) is 22.8. The first-order valence-electron chi connectivity index (χ1n) is 12.0. The number of esters is 2. The van der Waals surface area contributed by atoms with E-state index in [1.165, 1.54) is 7.11 Å². The molecule has 0 amide bonds. The second-order valence-electron chi connectivity index (χ2n) is 10.9. The van der Waals surface area contributed by atoms with E-state index >= 15 is 0 Å². The van der Waals surface area contributed by atoms with Crippen LogP contribution in [-0.4, -0.2) is 44.0 Å². The van der Waals surface area contributed by atoms with Crippen LogP contribution in [0.4, 0.5) is 0 Å². The monoisotopic (exact) mass is 487 g/mol. The minimum Gasteiger partial charge on any atom is -0.507 e. The highest BCUT2D eigenvalue weighted by Crippen LogP contribution is 2.45. The van der Waals surface area contributed by atoms with E-state index in [-0.39, 0.29) is 36.4 Å². The van der Waals surface area contributed by atoms with Gasteiger partial charge in [-0.2, -0.15) is 0 Å². The smallest absolute Gasteiger partial charge is 0.336 e. The quantitative estimate of drug-likeness (QED) is 0.414. The van der Waals surface area contributed by atoms with E-state index in [1.807, 2.05) is 53.7 Å². The summed E-state index contributed by atoms with van der Waals surface area (Å²) in [4.78, 5) is 26.5. The Morgan fingerprint density at radius 1 is 0.886 bits per heavy atom. The van der Waals surface area contributed by atoms with Crippen LogP contribution in [0.15, 0.2) is 34.7 Å². The first-order valence-corrected chi connectivity index (χ1v) is 12.0. The van der Waals surface area contributed by atoms with Gasteiger partial charge in [0.15, 0.2) is 0 Å². The molecule has 2 N–H and O–H groups in total. The van der Waals surface area contributed by atoms with Crippen LogP contribution in [0.25, 0.3) is 0 Å². The second-order valence-corrected chi connectivity index (χ2v) is 10.9. The fraction of sp³-hybridized carbons (Fsp3) is 0.571.